The van der Waals surface area contributed by atoms with Crippen molar-refractivity contribution in [2.24, 2.45) is 11.8 Å². The second-order valence-electron chi connectivity index (χ2n) is 8.59. The molecule has 0 unspecified atom stereocenters. The number of anilines is 2. The van der Waals surface area contributed by atoms with E-state index in [1.165, 1.54) is 5.69 Å². The van der Waals surface area contributed by atoms with Crippen molar-refractivity contribution in [3.8, 4) is 0 Å². The summed E-state index contributed by atoms with van der Waals surface area (Å²) in [6, 6.07) is 16.3. The number of pyridine rings is 1. The van der Waals surface area contributed by atoms with Gasteiger partial charge in [-0.3, -0.25) is 14.6 Å². The molecule has 4 rings (SSSR count). The first kappa shape index (κ1) is 24.9. The van der Waals surface area contributed by atoms with Crippen LogP contribution in [0.4, 0.5) is 11.5 Å². The van der Waals surface area contributed by atoms with Gasteiger partial charge in [-0.05, 0) is 49.9 Å². The van der Waals surface area contributed by atoms with Crippen molar-refractivity contribution in [2.75, 3.05) is 49.1 Å². The summed E-state index contributed by atoms with van der Waals surface area (Å²) in [6.07, 6.45) is 6.02. The number of amides is 1. The third kappa shape index (κ3) is 6.87. The number of hydrogen-bond donors (Lipinski definition) is 0. The number of aromatic nitrogens is 1. The van der Waals surface area contributed by atoms with Crippen molar-refractivity contribution in [2.45, 2.75) is 39.5 Å². The van der Waals surface area contributed by atoms with Gasteiger partial charge in [-0.25, -0.2) is 4.98 Å². The molecule has 2 fully saturated rings. The van der Waals surface area contributed by atoms with Crippen LogP contribution in [0.15, 0.2) is 54.7 Å². The van der Waals surface area contributed by atoms with Gasteiger partial charge in [0.2, 0.25) is 5.91 Å². The molecule has 1 aliphatic heterocycles. The van der Waals surface area contributed by atoms with Gasteiger partial charge in [-0.2, -0.15) is 0 Å². The van der Waals surface area contributed by atoms with Crippen molar-refractivity contribution in [1.82, 2.24) is 9.88 Å². The average molecular weight is 451 g/mol. The topological polar surface area (TPSA) is 56.8 Å². The highest BCUT2D eigenvalue weighted by Crippen LogP contribution is 2.30. The van der Waals surface area contributed by atoms with E-state index in [-0.39, 0.29) is 17.7 Å². The number of carbonyl (C=O) groups excluding carboxylic acids is 2. The zero-order valence-electron chi connectivity index (χ0n) is 20.1. The van der Waals surface area contributed by atoms with Gasteiger partial charge < -0.3 is 9.69 Å². The van der Waals surface area contributed by atoms with Crippen molar-refractivity contribution < 1.29 is 9.59 Å². The smallest absolute Gasteiger partial charge is 0.231 e. The van der Waals surface area contributed by atoms with E-state index in [1.54, 1.807) is 6.20 Å². The molecule has 1 aliphatic carbocycles. The van der Waals surface area contributed by atoms with E-state index in [0.717, 1.165) is 70.5 Å². The molecule has 6 heteroatoms. The first-order chi connectivity index (χ1) is 16.2. The Kier molecular flexibility index (Phi) is 9.88. The summed E-state index contributed by atoms with van der Waals surface area (Å²) in [6.45, 7) is 9.46. The Hall–Kier alpha value is -2.73. The quantitative estimate of drug-likeness (QED) is 0.590. The van der Waals surface area contributed by atoms with Crippen molar-refractivity contribution in [3.63, 3.8) is 0 Å². The maximum absolute atomic E-state index is 13.4. The molecule has 1 saturated heterocycles. The number of para-hydroxylation sites is 1. The molecule has 33 heavy (non-hydrogen) atoms. The van der Waals surface area contributed by atoms with Crippen molar-refractivity contribution in [3.05, 3.63) is 54.7 Å². The lowest BCUT2D eigenvalue weighted by Gasteiger charge is -2.37. The molecular formula is C27H38N4O2. The third-order valence-corrected chi connectivity index (χ3v) is 6.64. The van der Waals surface area contributed by atoms with E-state index in [1.807, 2.05) is 43.0 Å². The number of carbonyl (C=O) groups is 2. The van der Waals surface area contributed by atoms with E-state index in [2.05, 4.69) is 39.0 Å². The highest BCUT2D eigenvalue weighted by molar-refractivity contribution is 5.94. The van der Waals surface area contributed by atoms with E-state index in [0.29, 0.717) is 6.54 Å². The van der Waals surface area contributed by atoms with Gasteiger partial charge in [0.05, 0.1) is 0 Å². The van der Waals surface area contributed by atoms with Crippen LogP contribution in [0, 0.1) is 11.8 Å². The highest BCUT2D eigenvalue weighted by atomic mass is 16.2. The standard InChI is InChI=1S/C25H32N4O2.C2H6/c30-20-21-9-11-22(12-10-21)25(31)29(24-8-4-5-13-26-24)19-16-27-14-17-28(18-15-27)23-6-2-1-3-7-23;1-2/h1-8,13,20-22H,9-12,14-19H2;1-2H3. The first-order valence-electron chi connectivity index (χ1n) is 12.4. The predicted molar refractivity (Wildman–Crippen MR) is 135 cm³/mol. The maximum atomic E-state index is 13.4. The molecule has 1 aromatic carbocycles. The highest BCUT2D eigenvalue weighted by Gasteiger charge is 2.31. The van der Waals surface area contributed by atoms with Crippen molar-refractivity contribution in [1.29, 1.82) is 0 Å². The predicted octanol–water partition coefficient (Wildman–Crippen LogP) is 4.27. The summed E-state index contributed by atoms with van der Waals surface area (Å²) in [5.41, 5.74) is 1.28. The lowest BCUT2D eigenvalue weighted by molar-refractivity contribution is -0.124. The van der Waals surface area contributed by atoms with E-state index < -0.39 is 0 Å². The summed E-state index contributed by atoms with van der Waals surface area (Å²) < 4.78 is 0. The normalized spacial score (nSPS) is 21.0. The largest absolute Gasteiger partial charge is 0.369 e. The van der Waals surface area contributed by atoms with Gasteiger partial charge in [0.1, 0.15) is 12.1 Å². The zero-order valence-corrected chi connectivity index (χ0v) is 20.1. The minimum atomic E-state index is -0.00636. The van der Waals surface area contributed by atoms with Crippen LogP contribution in [0.2, 0.25) is 0 Å². The Bertz CT molecular complexity index is 830. The fraction of sp³-hybridized carbons (Fsp3) is 0.519. The molecule has 1 saturated carbocycles. The Balaban J connectivity index is 0.00000149. The number of nitrogens with zero attached hydrogens (tertiary/aromatic N) is 4. The average Bonchev–Trinajstić information content (AvgIpc) is 2.91. The molecule has 1 amide bonds. The van der Waals surface area contributed by atoms with Crippen molar-refractivity contribution >= 4 is 23.7 Å². The molecule has 0 N–H and O–H groups in total. The Labute approximate surface area is 198 Å². The second-order valence-corrected chi connectivity index (χ2v) is 8.59. The zero-order chi connectivity index (χ0) is 23.5. The van der Waals surface area contributed by atoms with Gasteiger partial charge in [0.25, 0.3) is 0 Å². The lowest BCUT2D eigenvalue weighted by Crippen LogP contribution is -2.50. The molecule has 2 aliphatic rings. The minimum absolute atomic E-state index is 0.00636. The fourth-order valence-corrected chi connectivity index (χ4v) is 4.68. The number of piperazine rings is 1. The number of aldehydes is 1. The molecule has 0 atom stereocenters. The van der Waals surface area contributed by atoms with Gasteiger partial charge >= 0.3 is 0 Å². The molecule has 178 valence electrons. The summed E-state index contributed by atoms with van der Waals surface area (Å²) in [4.78, 5) is 35.6. The summed E-state index contributed by atoms with van der Waals surface area (Å²) in [5, 5.41) is 0. The molecule has 2 heterocycles. The monoisotopic (exact) mass is 450 g/mol. The fourth-order valence-electron chi connectivity index (χ4n) is 4.68. The van der Waals surface area contributed by atoms with Gasteiger partial charge in [-0.15, -0.1) is 0 Å². The van der Waals surface area contributed by atoms with Crippen LogP contribution in [-0.2, 0) is 9.59 Å². The van der Waals surface area contributed by atoms with Crippen LogP contribution in [0.3, 0.4) is 0 Å². The van der Waals surface area contributed by atoms with Gasteiger partial charge in [0.15, 0.2) is 0 Å². The summed E-state index contributed by atoms with van der Waals surface area (Å²) in [7, 11) is 0. The van der Waals surface area contributed by atoms with Gasteiger partial charge in [-0.1, -0.05) is 38.1 Å². The lowest BCUT2D eigenvalue weighted by atomic mass is 9.82. The molecule has 0 spiro atoms. The van der Waals surface area contributed by atoms with Crippen LogP contribution < -0.4 is 9.80 Å². The van der Waals surface area contributed by atoms with E-state index in [4.69, 9.17) is 0 Å². The Morgan fingerprint density at radius 1 is 0.970 bits per heavy atom. The van der Waals surface area contributed by atoms with Gasteiger partial charge in [0, 0.05) is 63.0 Å². The maximum Gasteiger partial charge on any atom is 0.231 e. The number of benzene rings is 1. The summed E-state index contributed by atoms with van der Waals surface area (Å²) in [5.74, 6) is 1.00. The molecule has 6 nitrogen and oxygen atoms in total. The second kappa shape index (κ2) is 13.1. The van der Waals surface area contributed by atoms with Crippen LogP contribution in [-0.4, -0.2) is 61.3 Å². The minimum Gasteiger partial charge on any atom is -0.369 e. The SMILES string of the molecule is CC.O=CC1CCC(C(=O)N(CCN2CCN(c3ccccc3)CC2)c2ccccn2)CC1. The van der Waals surface area contributed by atoms with E-state index in [9.17, 15) is 9.59 Å². The third-order valence-electron chi connectivity index (χ3n) is 6.64. The Morgan fingerprint density at radius 2 is 1.64 bits per heavy atom. The number of rotatable bonds is 7. The first-order valence-corrected chi connectivity index (χ1v) is 12.4. The Morgan fingerprint density at radius 3 is 2.24 bits per heavy atom. The van der Waals surface area contributed by atoms with E-state index >= 15 is 0 Å². The molecule has 1 aromatic heterocycles. The number of hydrogen-bond acceptors (Lipinski definition) is 5. The molecule has 2 aromatic rings. The molecule has 0 radical (unpaired) electrons. The van der Waals surface area contributed by atoms with Crippen LogP contribution >= 0.6 is 0 Å². The molecular weight excluding hydrogens is 412 g/mol. The summed E-state index contributed by atoms with van der Waals surface area (Å²) >= 11 is 0. The molecule has 0 bridgehead atoms. The van der Waals surface area contributed by atoms with Crippen LogP contribution in [0.1, 0.15) is 39.5 Å². The van der Waals surface area contributed by atoms with Crippen LogP contribution in [0.25, 0.3) is 0 Å². The van der Waals surface area contributed by atoms with Crippen LogP contribution in [0.5, 0.6) is 0 Å².